The Morgan fingerprint density at radius 3 is 2.93 bits per heavy atom. The Morgan fingerprint density at radius 1 is 1.21 bits per heavy atom. The molecule has 146 valence electrons. The maximum atomic E-state index is 4.98. The minimum Gasteiger partial charge on any atom is -0.331 e. The molecule has 1 aromatic carbocycles. The lowest BCUT2D eigenvalue weighted by molar-refractivity contribution is 0.254. The molecule has 0 radical (unpaired) electrons. The lowest BCUT2D eigenvalue weighted by Gasteiger charge is -2.41. The third-order valence-corrected chi connectivity index (χ3v) is 6.18. The van der Waals surface area contributed by atoms with Crippen LogP contribution in [-0.2, 0) is 0 Å². The number of fused-ring (bicyclic) bond motifs is 5. The van der Waals surface area contributed by atoms with Gasteiger partial charge in [0.2, 0.25) is 11.9 Å². The van der Waals surface area contributed by atoms with E-state index in [0.29, 0.717) is 0 Å². The van der Waals surface area contributed by atoms with Crippen molar-refractivity contribution >= 4 is 34.3 Å². The molecule has 7 nitrogen and oxygen atoms in total. The smallest absolute Gasteiger partial charge is 0.216 e. The topological polar surface area (TPSA) is 51.9 Å². The average Bonchev–Trinajstić information content (AvgIpc) is 3.35. The molecule has 0 aliphatic carbocycles. The van der Waals surface area contributed by atoms with Crippen molar-refractivity contribution < 1.29 is 0 Å². The predicted octanol–water partition coefficient (Wildman–Crippen LogP) is 2.59. The SMILES string of the molecule is CN(C)CCCN1CN=C2N[C@H](c3cccs3)n3c(nc4ccccc43)N2C1. The number of thiophene rings is 1. The summed E-state index contributed by atoms with van der Waals surface area (Å²) >= 11 is 1.76. The monoisotopic (exact) mass is 395 g/mol. The second kappa shape index (κ2) is 7.20. The number of para-hydroxylation sites is 2. The second-order valence-corrected chi connectivity index (χ2v) is 8.56. The number of imidazole rings is 1. The normalized spacial score (nSPS) is 19.5. The van der Waals surface area contributed by atoms with Crippen molar-refractivity contribution in [3.63, 3.8) is 0 Å². The number of anilines is 1. The Kier molecular flexibility index (Phi) is 4.54. The van der Waals surface area contributed by atoms with Crippen LogP contribution in [0.25, 0.3) is 11.0 Å². The van der Waals surface area contributed by atoms with Gasteiger partial charge in [0.15, 0.2) is 0 Å². The highest BCUT2D eigenvalue weighted by atomic mass is 32.1. The summed E-state index contributed by atoms with van der Waals surface area (Å²) in [6.45, 7) is 3.65. The van der Waals surface area contributed by atoms with Crippen LogP contribution >= 0.6 is 11.3 Å². The number of rotatable bonds is 5. The molecule has 0 unspecified atom stereocenters. The summed E-state index contributed by atoms with van der Waals surface area (Å²) in [4.78, 5) is 17.9. The number of nitrogens with one attached hydrogen (secondary N) is 1. The molecule has 0 saturated heterocycles. The van der Waals surface area contributed by atoms with Crippen LogP contribution in [0.3, 0.4) is 0 Å². The number of hydrogen-bond donors (Lipinski definition) is 1. The van der Waals surface area contributed by atoms with Gasteiger partial charge in [-0.15, -0.1) is 11.3 Å². The minimum absolute atomic E-state index is 0.0256. The molecule has 2 aliphatic heterocycles. The Balaban J connectivity index is 1.51. The number of aliphatic imine (C=N–C) groups is 1. The van der Waals surface area contributed by atoms with Gasteiger partial charge in [-0.3, -0.25) is 14.4 Å². The molecule has 0 bridgehead atoms. The molecule has 8 heteroatoms. The Hall–Kier alpha value is -2.42. The van der Waals surface area contributed by atoms with E-state index < -0.39 is 0 Å². The van der Waals surface area contributed by atoms with Gasteiger partial charge in [-0.2, -0.15) is 0 Å². The summed E-state index contributed by atoms with van der Waals surface area (Å²) in [5, 5.41) is 5.78. The quantitative estimate of drug-likeness (QED) is 0.720. The van der Waals surface area contributed by atoms with Gasteiger partial charge in [0.25, 0.3) is 0 Å². The van der Waals surface area contributed by atoms with Gasteiger partial charge in [0.1, 0.15) is 6.17 Å². The number of benzene rings is 1. The third-order valence-electron chi connectivity index (χ3n) is 5.25. The first-order chi connectivity index (χ1) is 13.7. The predicted molar refractivity (Wildman–Crippen MR) is 115 cm³/mol. The summed E-state index contributed by atoms with van der Waals surface area (Å²) in [6.07, 6.45) is 1.16. The highest BCUT2D eigenvalue weighted by Crippen LogP contribution is 2.35. The van der Waals surface area contributed by atoms with E-state index in [1.165, 1.54) is 4.88 Å². The standard InChI is InChI=1S/C20H25N7S/c1-24(2)10-6-11-25-13-21-19-23-18(17-9-5-12-28-17)27-16-8-4-3-7-15(16)22-20(27)26(19)14-25/h3-5,7-9,12,18H,6,10-11,13-14H2,1-2H3,(H,21,23)/t18-/m0/s1. The van der Waals surface area contributed by atoms with Crippen LogP contribution in [0, 0.1) is 0 Å². The maximum absolute atomic E-state index is 4.98. The van der Waals surface area contributed by atoms with Crippen molar-refractivity contribution in [1.29, 1.82) is 0 Å². The van der Waals surface area contributed by atoms with Crippen molar-refractivity contribution in [2.45, 2.75) is 12.6 Å². The van der Waals surface area contributed by atoms with Crippen molar-refractivity contribution in [1.82, 2.24) is 24.7 Å². The zero-order valence-corrected chi connectivity index (χ0v) is 17.1. The van der Waals surface area contributed by atoms with E-state index in [9.17, 15) is 0 Å². The van der Waals surface area contributed by atoms with Gasteiger partial charge in [-0.1, -0.05) is 18.2 Å². The van der Waals surface area contributed by atoms with Gasteiger partial charge < -0.3 is 10.2 Å². The highest BCUT2D eigenvalue weighted by molar-refractivity contribution is 7.10. The number of hydrogen-bond acceptors (Lipinski definition) is 7. The van der Waals surface area contributed by atoms with Gasteiger partial charge in [-0.05, 0) is 50.6 Å². The van der Waals surface area contributed by atoms with E-state index in [0.717, 1.165) is 55.8 Å². The fourth-order valence-corrected chi connectivity index (χ4v) is 4.67. The summed E-state index contributed by atoms with van der Waals surface area (Å²) in [7, 11) is 4.24. The zero-order valence-electron chi connectivity index (χ0n) is 16.2. The van der Waals surface area contributed by atoms with E-state index in [4.69, 9.17) is 9.98 Å². The molecular formula is C20H25N7S. The molecule has 4 heterocycles. The first-order valence-electron chi connectivity index (χ1n) is 9.67. The van der Waals surface area contributed by atoms with Gasteiger partial charge >= 0.3 is 0 Å². The molecule has 0 spiro atoms. The van der Waals surface area contributed by atoms with E-state index in [2.05, 4.69) is 74.4 Å². The molecule has 2 aromatic heterocycles. The van der Waals surface area contributed by atoms with Crippen LogP contribution in [0.15, 0.2) is 46.8 Å². The molecule has 1 N–H and O–H groups in total. The van der Waals surface area contributed by atoms with Crippen LogP contribution in [0.5, 0.6) is 0 Å². The van der Waals surface area contributed by atoms with Crippen molar-refractivity contribution in [3.05, 3.63) is 46.7 Å². The highest BCUT2D eigenvalue weighted by Gasteiger charge is 2.35. The molecule has 28 heavy (non-hydrogen) atoms. The first kappa shape index (κ1) is 17.7. The fraction of sp³-hybridized carbons (Fsp3) is 0.400. The van der Waals surface area contributed by atoms with Crippen molar-refractivity contribution in [2.75, 3.05) is 45.4 Å². The zero-order chi connectivity index (χ0) is 19.1. The molecular weight excluding hydrogens is 370 g/mol. The van der Waals surface area contributed by atoms with Crippen LogP contribution in [0.4, 0.5) is 5.95 Å². The summed E-state index contributed by atoms with van der Waals surface area (Å²) in [6, 6.07) is 12.6. The molecule has 2 aliphatic rings. The van der Waals surface area contributed by atoms with Gasteiger partial charge in [0, 0.05) is 11.4 Å². The molecule has 0 saturated carbocycles. The van der Waals surface area contributed by atoms with Gasteiger partial charge in [0.05, 0.1) is 24.4 Å². The third kappa shape index (κ3) is 3.07. The van der Waals surface area contributed by atoms with Crippen LogP contribution < -0.4 is 10.2 Å². The maximum Gasteiger partial charge on any atom is 0.216 e. The second-order valence-electron chi connectivity index (χ2n) is 7.58. The summed E-state index contributed by atoms with van der Waals surface area (Å²) in [5.74, 6) is 1.89. The Morgan fingerprint density at radius 2 is 2.11 bits per heavy atom. The first-order valence-corrected chi connectivity index (χ1v) is 10.5. The molecule has 5 rings (SSSR count). The number of nitrogens with zero attached hydrogens (tertiary/aromatic N) is 6. The largest absolute Gasteiger partial charge is 0.331 e. The van der Waals surface area contributed by atoms with Crippen LogP contribution in [-0.4, -0.2) is 65.8 Å². The fourth-order valence-electron chi connectivity index (χ4n) is 3.91. The van der Waals surface area contributed by atoms with Crippen LogP contribution in [0.1, 0.15) is 17.5 Å². The van der Waals surface area contributed by atoms with E-state index in [1.807, 2.05) is 6.07 Å². The van der Waals surface area contributed by atoms with E-state index in [-0.39, 0.29) is 6.17 Å². The molecule has 0 amide bonds. The van der Waals surface area contributed by atoms with Crippen molar-refractivity contribution in [3.8, 4) is 0 Å². The lowest BCUT2D eigenvalue weighted by atomic mass is 10.3. The average molecular weight is 396 g/mol. The minimum atomic E-state index is 0.0256. The molecule has 3 aromatic rings. The number of guanidine groups is 1. The van der Waals surface area contributed by atoms with E-state index >= 15 is 0 Å². The molecule has 0 fully saturated rings. The summed E-state index contributed by atoms with van der Waals surface area (Å²) in [5.41, 5.74) is 2.17. The van der Waals surface area contributed by atoms with Gasteiger partial charge in [-0.25, -0.2) is 9.98 Å². The lowest BCUT2D eigenvalue weighted by Crippen LogP contribution is -2.57. The van der Waals surface area contributed by atoms with Crippen LogP contribution in [0.2, 0.25) is 0 Å². The Bertz CT molecular complexity index is 991. The number of aromatic nitrogens is 2. The molecule has 1 atom stereocenters. The summed E-state index contributed by atoms with van der Waals surface area (Å²) < 4.78 is 2.31. The van der Waals surface area contributed by atoms with E-state index in [1.54, 1.807) is 11.3 Å². The Labute approximate surface area is 168 Å². The van der Waals surface area contributed by atoms with Crippen molar-refractivity contribution in [2.24, 2.45) is 4.99 Å².